The number of fused-ring (bicyclic) bond motifs is 1. The third-order valence-electron chi connectivity index (χ3n) is 3.48. The van der Waals surface area contributed by atoms with E-state index in [0.717, 1.165) is 32.3 Å². The molecule has 0 radical (unpaired) electrons. The van der Waals surface area contributed by atoms with Crippen LogP contribution in [0.4, 0.5) is 0 Å². The molecule has 0 saturated heterocycles. The lowest BCUT2D eigenvalue weighted by Crippen LogP contribution is -1.95. The lowest BCUT2D eigenvalue weighted by molar-refractivity contribution is 0.0701. The predicted molar refractivity (Wildman–Crippen MR) is 85.9 cm³/mol. The minimum Gasteiger partial charge on any atom is -0.477 e. The fourth-order valence-electron chi connectivity index (χ4n) is 2.43. The lowest BCUT2D eigenvalue weighted by Gasteiger charge is -2.08. The third kappa shape index (κ3) is 2.23. The van der Waals surface area contributed by atoms with Crippen molar-refractivity contribution in [3.63, 3.8) is 0 Å². The molecule has 1 N–H and O–H groups in total. The maximum Gasteiger partial charge on any atom is 0.346 e. The molecule has 21 heavy (non-hydrogen) atoms. The Morgan fingerprint density at radius 2 is 1.95 bits per heavy atom. The molecule has 2 aromatic heterocycles. The number of hydrogen-bond acceptors (Lipinski definition) is 3. The summed E-state index contributed by atoms with van der Waals surface area (Å²) in [6.45, 7) is 6.00. The molecule has 0 aliphatic carbocycles. The van der Waals surface area contributed by atoms with Crippen LogP contribution in [0.5, 0.6) is 0 Å². The van der Waals surface area contributed by atoms with Crippen molar-refractivity contribution in [3.05, 3.63) is 70.9 Å². The van der Waals surface area contributed by atoms with Crippen LogP contribution in [0.2, 0.25) is 0 Å². The van der Waals surface area contributed by atoms with E-state index in [9.17, 15) is 9.90 Å². The first kappa shape index (κ1) is 13.5. The molecule has 0 unspecified atom stereocenters. The van der Waals surface area contributed by atoms with Crippen LogP contribution in [0, 0.1) is 6.92 Å². The highest BCUT2D eigenvalue weighted by Crippen LogP contribution is 2.36. The van der Waals surface area contributed by atoms with Crippen LogP contribution >= 0.6 is 11.3 Å². The summed E-state index contributed by atoms with van der Waals surface area (Å²) in [6, 6.07) is 9.84. The van der Waals surface area contributed by atoms with Gasteiger partial charge in [-0.15, -0.1) is 11.3 Å². The van der Waals surface area contributed by atoms with Gasteiger partial charge in [0.05, 0.1) is 4.70 Å². The minimum atomic E-state index is -0.898. The first-order chi connectivity index (χ1) is 10.1. The number of aromatic nitrogens is 1. The number of aryl methyl sites for hydroxylation is 1. The summed E-state index contributed by atoms with van der Waals surface area (Å²) in [6.07, 6.45) is 3.46. The quantitative estimate of drug-likeness (QED) is 0.781. The van der Waals surface area contributed by atoms with E-state index >= 15 is 0 Å². The zero-order chi connectivity index (χ0) is 15.0. The van der Waals surface area contributed by atoms with E-state index in [0.29, 0.717) is 4.88 Å². The number of aromatic carboxylic acids is 1. The lowest BCUT2D eigenvalue weighted by atomic mass is 9.97. The number of carbonyl (C=O) groups is 1. The molecule has 0 aliphatic heterocycles. The van der Waals surface area contributed by atoms with Crippen molar-refractivity contribution in [2.24, 2.45) is 0 Å². The highest BCUT2D eigenvalue weighted by atomic mass is 32.1. The van der Waals surface area contributed by atoms with Crippen molar-refractivity contribution in [1.29, 1.82) is 0 Å². The summed E-state index contributed by atoms with van der Waals surface area (Å²) in [5.41, 5.74) is 3.53. The second-order valence-corrected chi connectivity index (χ2v) is 5.82. The molecule has 3 aromatic rings. The van der Waals surface area contributed by atoms with Gasteiger partial charge in [-0.3, -0.25) is 4.98 Å². The molecule has 104 valence electrons. The van der Waals surface area contributed by atoms with E-state index in [2.05, 4.69) is 11.6 Å². The van der Waals surface area contributed by atoms with Crippen molar-refractivity contribution in [1.82, 2.24) is 4.98 Å². The topological polar surface area (TPSA) is 50.2 Å². The third-order valence-corrected chi connectivity index (χ3v) is 4.69. The maximum atomic E-state index is 11.3. The summed E-state index contributed by atoms with van der Waals surface area (Å²) >= 11 is 1.26. The molecule has 4 heteroatoms. The van der Waals surface area contributed by atoms with Gasteiger partial charge in [0.25, 0.3) is 0 Å². The molecule has 2 heterocycles. The van der Waals surface area contributed by atoms with Gasteiger partial charge in [-0.25, -0.2) is 4.79 Å². The first-order valence-electron chi connectivity index (χ1n) is 6.44. The summed E-state index contributed by atoms with van der Waals surface area (Å²) in [7, 11) is 0. The van der Waals surface area contributed by atoms with Crippen molar-refractivity contribution < 1.29 is 9.90 Å². The summed E-state index contributed by atoms with van der Waals surface area (Å²) in [4.78, 5) is 15.9. The van der Waals surface area contributed by atoms with Crippen LogP contribution in [-0.2, 0) is 0 Å². The maximum absolute atomic E-state index is 11.3. The number of pyridine rings is 1. The summed E-state index contributed by atoms with van der Waals surface area (Å²) in [5, 5.41) is 10.2. The monoisotopic (exact) mass is 295 g/mol. The van der Waals surface area contributed by atoms with Crippen LogP contribution in [0.1, 0.15) is 26.4 Å². The SMILES string of the molecule is C=C(c1ccccc1)c1cncc2sc(C(=O)O)c(C)c12. The zero-order valence-corrected chi connectivity index (χ0v) is 12.3. The van der Waals surface area contributed by atoms with Gasteiger partial charge >= 0.3 is 5.97 Å². The Morgan fingerprint density at radius 3 is 2.62 bits per heavy atom. The van der Waals surface area contributed by atoms with Crippen molar-refractivity contribution in [2.75, 3.05) is 0 Å². The second kappa shape index (κ2) is 5.14. The predicted octanol–water partition coefficient (Wildman–Crippen LogP) is 4.36. The Balaban J connectivity index is 2.24. The zero-order valence-electron chi connectivity index (χ0n) is 11.5. The molecule has 3 rings (SSSR count). The standard InChI is InChI=1S/C17H13NO2S/c1-10(12-6-4-3-5-7-12)13-8-18-9-14-15(13)11(2)16(21-14)17(19)20/h3-9H,1H2,2H3,(H,19,20). The second-order valence-electron chi connectivity index (χ2n) is 4.77. The number of carboxylic acid groups (broad SMARTS) is 1. The van der Waals surface area contributed by atoms with Crippen LogP contribution < -0.4 is 0 Å². The number of hydrogen-bond donors (Lipinski definition) is 1. The van der Waals surface area contributed by atoms with E-state index < -0.39 is 5.97 Å². The van der Waals surface area contributed by atoms with Gasteiger partial charge in [-0.05, 0) is 23.6 Å². The van der Waals surface area contributed by atoms with E-state index in [1.54, 1.807) is 12.4 Å². The van der Waals surface area contributed by atoms with Gasteiger partial charge in [0.15, 0.2) is 0 Å². The van der Waals surface area contributed by atoms with Gasteiger partial charge in [-0.2, -0.15) is 0 Å². The van der Waals surface area contributed by atoms with Gasteiger partial charge in [-0.1, -0.05) is 36.9 Å². The van der Waals surface area contributed by atoms with Crippen LogP contribution in [0.25, 0.3) is 15.7 Å². The average molecular weight is 295 g/mol. The van der Waals surface area contributed by atoms with Crippen molar-refractivity contribution in [2.45, 2.75) is 6.92 Å². The van der Waals surface area contributed by atoms with E-state index in [1.165, 1.54) is 11.3 Å². The Morgan fingerprint density at radius 1 is 1.24 bits per heavy atom. The van der Waals surface area contributed by atoms with Crippen LogP contribution in [-0.4, -0.2) is 16.1 Å². The fraction of sp³-hybridized carbons (Fsp3) is 0.0588. The van der Waals surface area contributed by atoms with Gasteiger partial charge < -0.3 is 5.11 Å². The number of benzene rings is 1. The molecule has 0 bridgehead atoms. The van der Waals surface area contributed by atoms with Crippen molar-refractivity contribution >= 4 is 33.0 Å². The van der Waals surface area contributed by atoms with E-state index in [4.69, 9.17) is 0 Å². The first-order valence-corrected chi connectivity index (χ1v) is 7.26. The minimum absolute atomic E-state index is 0.361. The normalized spacial score (nSPS) is 10.7. The molecule has 0 fully saturated rings. The Hall–Kier alpha value is -2.46. The molecule has 3 nitrogen and oxygen atoms in total. The van der Waals surface area contributed by atoms with Gasteiger partial charge in [0, 0.05) is 23.3 Å². The number of nitrogens with zero attached hydrogens (tertiary/aromatic N) is 1. The average Bonchev–Trinajstić information content (AvgIpc) is 2.85. The molecule has 0 atom stereocenters. The smallest absolute Gasteiger partial charge is 0.346 e. The number of carboxylic acids is 1. The molecular weight excluding hydrogens is 282 g/mol. The molecule has 1 aromatic carbocycles. The number of rotatable bonds is 3. The molecule has 0 saturated carbocycles. The molecule has 0 amide bonds. The van der Waals surface area contributed by atoms with Crippen LogP contribution in [0.3, 0.4) is 0 Å². The molecular formula is C17H13NO2S. The highest BCUT2D eigenvalue weighted by molar-refractivity contribution is 7.21. The Labute approximate surface area is 126 Å². The van der Waals surface area contributed by atoms with Crippen molar-refractivity contribution in [3.8, 4) is 0 Å². The van der Waals surface area contributed by atoms with Gasteiger partial charge in [0.1, 0.15) is 4.88 Å². The van der Waals surface area contributed by atoms with E-state index in [-0.39, 0.29) is 0 Å². The summed E-state index contributed by atoms with van der Waals surface area (Å²) in [5.74, 6) is -0.898. The Bertz CT molecular complexity index is 850. The summed E-state index contributed by atoms with van der Waals surface area (Å²) < 4.78 is 0.875. The number of thiophene rings is 1. The fourth-order valence-corrected chi connectivity index (χ4v) is 3.47. The molecule has 0 spiro atoms. The molecule has 0 aliphatic rings. The van der Waals surface area contributed by atoms with Crippen LogP contribution in [0.15, 0.2) is 49.3 Å². The Kier molecular flexibility index (Phi) is 3.31. The highest BCUT2D eigenvalue weighted by Gasteiger charge is 2.18. The largest absolute Gasteiger partial charge is 0.477 e. The van der Waals surface area contributed by atoms with Gasteiger partial charge in [0.2, 0.25) is 0 Å². The van der Waals surface area contributed by atoms with E-state index in [1.807, 2.05) is 37.3 Å².